The highest BCUT2D eigenvalue weighted by Gasteiger charge is 2.56. The molecule has 3 nitrogen and oxygen atoms in total. The summed E-state index contributed by atoms with van der Waals surface area (Å²) in [4.78, 5) is 2.06. The van der Waals surface area contributed by atoms with Crippen LogP contribution in [0.5, 0.6) is 5.75 Å². The van der Waals surface area contributed by atoms with Crippen LogP contribution in [0.4, 0.5) is 30.7 Å². The Morgan fingerprint density at radius 2 is 1.58 bits per heavy atom. The number of hydrogen-bond acceptors (Lipinski definition) is 3. The molecule has 1 aliphatic carbocycles. The molecule has 0 aromatic heterocycles. The third-order valence-electron chi connectivity index (χ3n) is 7.50. The molecule has 0 saturated carbocycles. The van der Waals surface area contributed by atoms with Gasteiger partial charge in [0.2, 0.25) is 0 Å². The molecule has 0 amide bonds. The standard InChI is InChI=1S/C32H38F7NO2S/c1-40(16-8-18-43(42)17-7-14-31(35,36)32(37,38)39)15-5-3-2-4-10-30-28(24-19-25(33)22-26(34)20-24)11-6-9-23-21-27(41)12-13-29(23)30/h7,12-13,17,19-22,41H,2-6,8-11,14-16,18H2,1H3/b17-7+. The van der Waals surface area contributed by atoms with Crippen molar-refractivity contribution < 1.29 is 40.0 Å². The van der Waals surface area contributed by atoms with Crippen molar-refractivity contribution in [1.29, 1.82) is 0 Å². The van der Waals surface area contributed by atoms with Gasteiger partial charge in [-0.3, -0.25) is 4.21 Å². The SMILES string of the molecule is CN(CCCCCCC1=C(c2cc(F)cc(F)c2)CCCc2cc(O)ccc21)CCCS(=O)/C=C/CC(F)(F)C(F)(F)F. The van der Waals surface area contributed by atoms with E-state index in [2.05, 4.69) is 4.90 Å². The van der Waals surface area contributed by atoms with Crippen LogP contribution in [0.1, 0.15) is 74.5 Å². The molecule has 0 radical (unpaired) electrons. The number of hydrogen-bond donors (Lipinski definition) is 1. The number of benzene rings is 2. The van der Waals surface area contributed by atoms with Gasteiger partial charge in [0, 0.05) is 29.0 Å². The van der Waals surface area contributed by atoms with Gasteiger partial charge < -0.3 is 10.0 Å². The Kier molecular flexibility index (Phi) is 12.9. The minimum atomic E-state index is -5.63. The topological polar surface area (TPSA) is 40.5 Å². The van der Waals surface area contributed by atoms with Crippen LogP contribution in [0.3, 0.4) is 0 Å². The molecule has 0 heterocycles. The number of aromatic hydroxyl groups is 1. The molecule has 2 aromatic rings. The lowest BCUT2D eigenvalue weighted by atomic mass is 9.89. The molecule has 0 bridgehead atoms. The first kappa shape index (κ1) is 34.8. The molecule has 0 fully saturated rings. The summed E-state index contributed by atoms with van der Waals surface area (Å²) >= 11 is 0. The zero-order valence-electron chi connectivity index (χ0n) is 24.2. The van der Waals surface area contributed by atoms with Gasteiger partial charge in [-0.2, -0.15) is 22.0 Å². The molecule has 43 heavy (non-hydrogen) atoms. The predicted molar refractivity (Wildman–Crippen MR) is 157 cm³/mol. The predicted octanol–water partition coefficient (Wildman–Crippen LogP) is 9.04. The van der Waals surface area contributed by atoms with Crippen molar-refractivity contribution in [3.05, 3.63) is 76.2 Å². The maximum atomic E-state index is 14.1. The number of nitrogens with zero attached hydrogens (tertiary/aromatic N) is 1. The molecule has 1 aliphatic rings. The van der Waals surface area contributed by atoms with Gasteiger partial charge >= 0.3 is 12.1 Å². The van der Waals surface area contributed by atoms with Crippen molar-refractivity contribution in [2.24, 2.45) is 0 Å². The molecule has 1 N–H and O–H groups in total. The summed E-state index contributed by atoms with van der Waals surface area (Å²) < 4.78 is 102. The first-order chi connectivity index (χ1) is 20.3. The largest absolute Gasteiger partial charge is 0.508 e. The zero-order chi connectivity index (χ0) is 31.6. The van der Waals surface area contributed by atoms with Crippen LogP contribution in [-0.4, -0.2) is 52.2 Å². The zero-order valence-corrected chi connectivity index (χ0v) is 25.0. The minimum Gasteiger partial charge on any atom is -0.508 e. The molecule has 238 valence electrons. The lowest BCUT2D eigenvalue weighted by molar-refractivity contribution is -0.280. The second-order valence-corrected chi connectivity index (χ2v) is 12.4. The van der Waals surface area contributed by atoms with E-state index < -0.39 is 41.0 Å². The number of aryl methyl sites for hydroxylation is 1. The van der Waals surface area contributed by atoms with Crippen molar-refractivity contribution in [3.8, 4) is 5.75 Å². The first-order valence-corrected chi connectivity index (χ1v) is 15.8. The van der Waals surface area contributed by atoms with E-state index in [9.17, 15) is 40.0 Å². The number of allylic oxidation sites excluding steroid dienone is 3. The fraction of sp³-hybridized carbons (Fsp3) is 0.500. The lowest BCUT2D eigenvalue weighted by Gasteiger charge is -2.18. The highest BCUT2D eigenvalue weighted by molar-refractivity contribution is 7.87. The summed E-state index contributed by atoms with van der Waals surface area (Å²) in [5.41, 5.74) is 4.57. The van der Waals surface area contributed by atoms with Crippen molar-refractivity contribution in [1.82, 2.24) is 4.90 Å². The summed E-state index contributed by atoms with van der Waals surface area (Å²) in [6.07, 6.45) is 0.633. The minimum absolute atomic E-state index is 0.171. The van der Waals surface area contributed by atoms with Crippen LogP contribution < -0.4 is 0 Å². The third-order valence-corrected chi connectivity index (χ3v) is 8.69. The smallest absolute Gasteiger partial charge is 0.453 e. The average molecular weight is 634 g/mol. The van der Waals surface area contributed by atoms with E-state index in [1.807, 2.05) is 13.1 Å². The van der Waals surface area contributed by atoms with E-state index in [-0.39, 0.29) is 11.5 Å². The molecule has 0 saturated heterocycles. The third kappa shape index (κ3) is 10.8. The number of alkyl halides is 5. The van der Waals surface area contributed by atoms with Crippen LogP contribution in [0.2, 0.25) is 0 Å². The van der Waals surface area contributed by atoms with Crippen LogP contribution in [0.25, 0.3) is 11.1 Å². The fourth-order valence-corrected chi connectivity index (χ4v) is 6.16. The molecular formula is C32H38F7NO2S. The van der Waals surface area contributed by atoms with Gasteiger partial charge in [0.1, 0.15) is 17.4 Å². The van der Waals surface area contributed by atoms with Gasteiger partial charge in [0.15, 0.2) is 0 Å². The Morgan fingerprint density at radius 3 is 2.28 bits per heavy atom. The van der Waals surface area contributed by atoms with Crippen LogP contribution >= 0.6 is 0 Å². The summed E-state index contributed by atoms with van der Waals surface area (Å²) in [5, 5.41) is 10.9. The number of halogens is 7. The van der Waals surface area contributed by atoms with Crippen LogP contribution in [0.15, 0.2) is 47.9 Å². The second kappa shape index (κ2) is 15.9. The van der Waals surface area contributed by atoms with Gasteiger partial charge in [-0.25, -0.2) is 8.78 Å². The van der Waals surface area contributed by atoms with Crippen molar-refractivity contribution in [3.63, 3.8) is 0 Å². The molecule has 2 aromatic carbocycles. The van der Waals surface area contributed by atoms with Crippen molar-refractivity contribution >= 4 is 21.9 Å². The average Bonchev–Trinajstić information content (AvgIpc) is 3.08. The first-order valence-electron chi connectivity index (χ1n) is 14.4. The Balaban J connectivity index is 1.46. The monoisotopic (exact) mass is 633 g/mol. The van der Waals surface area contributed by atoms with Crippen molar-refractivity contribution in [2.45, 2.75) is 76.3 Å². The molecule has 0 spiro atoms. The number of phenols is 1. The molecule has 0 aliphatic heterocycles. The highest BCUT2D eigenvalue weighted by atomic mass is 32.2. The van der Waals surface area contributed by atoms with Gasteiger partial charge in [-0.15, -0.1) is 0 Å². The van der Waals surface area contributed by atoms with E-state index in [0.717, 1.165) is 85.2 Å². The van der Waals surface area contributed by atoms with Gasteiger partial charge in [-0.1, -0.05) is 25.0 Å². The van der Waals surface area contributed by atoms with E-state index in [4.69, 9.17) is 0 Å². The van der Waals surface area contributed by atoms with Gasteiger partial charge in [0.05, 0.1) is 0 Å². The number of rotatable bonds is 15. The lowest BCUT2D eigenvalue weighted by Crippen LogP contribution is -2.35. The summed E-state index contributed by atoms with van der Waals surface area (Å²) in [5.74, 6) is -5.71. The number of unbranched alkanes of at least 4 members (excludes halogenated alkanes) is 3. The van der Waals surface area contributed by atoms with E-state index in [1.165, 1.54) is 12.1 Å². The maximum Gasteiger partial charge on any atom is 0.453 e. The second-order valence-electron chi connectivity index (χ2n) is 11.0. The van der Waals surface area contributed by atoms with Gasteiger partial charge in [0.25, 0.3) is 0 Å². The van der Waals surface area contributed by atoms with Crippen molar-refractivity contribution in [2.75, 3.05) is 25.9 Å². The summed E-state index contributed by atoms with van der Waals surface area (Å²) in [6.45, 7) is 1.40. The summed E-state index contributed by atoms with van der Waals surface area (Å²) in [7, 11) is 0.296. The van der Waals surface area contributed by atoms with Crippen LogP contribution in [0, 0.1) is 11.6 Å². The van der Waals surface area contributed by atoms with E-state index >= 15 is 0 Å². The molecule has 11 heteroatoms. The van der Waals surface area contributed by atoms with E-state index in [1.54, 1.807) is 12.1 Å². The van der Waals surface area contributed by atoms with Crippen LogP contribution in [-0.2, 0) is 17.2 Å². The van der Waals surface area contributed by atoms with Gasteiger partial charge in [-0.05, 0) is 123 Å². The Bertz CT molecular complexity index is 1290. The Hall–Kier alpha value is -2.66. The number of fused-ring (bicyclic) bond motifs is 1. The molecule has 1 atom stereocenters. The Labute approximate surface area is 250 Å². The quantitative estimate of drug-likeness (QED) is 0.157. The normalized spacial score (nSPS) is 15.3. The van der Waals surface area contributed by atoms with E-state index in [0.29, 0.717) is 31.0 Å². The highest BCUT2D eigenvalue weighted by Crippen LogP contribution is 2.40. The number of phenolic OH excluding ortho intramolecular Hbond substituents is 1. The summed E-state index contributed by atoms with van der Waals surface area (Å²) in [6, 6.07) is 8.90. The Morgan fingerprint density at radius 1 is 0.907 bits per heavy atom. The molecule has 1 unspecified atom stereocenters. The molecular weight excluding hydrogens is 595 g/mol. The fourth-order valence-electron chi connectivity index (χ4n) is 5.30. The molecule has 3 rings (SSSR count). The maximum absolute atomic E-state index is 14.1.